The van der Waals surface area contributed by atoms with E-state index in [0.29, 0.717) is 11.3 Å². The molecular weight excluding hydrogens is 469 g/mol. The summed E-state index contributed by atoms with van der Waals surface area (Å²) >= 11 is 1.90. The number of alkyl halides is 6. The highest BCUT2D eigenvalue weighted by atomic mass is 79.9. The lowest BCUT2D eigenvalue weighted by Crippen LogP contribution is -2.39. The van der Waals surface area contributed by atoms with Crippen molar-refractivity contribution in [1.82, 2.24) is 20.4 Å². The number of rotatable bonds is 7. The highest BCUT2D eigenvalue weighted by molar-refractivity contribution is 9.10. The normalized spacial score (nSPS) is 13.1. The number of carbonyl (C=O) groups is 1. The maximum atomic E-state index is 13.0. The Morgan fingerprint density at radius 3 is 2.21 bits per heavy atom. The Morgan fingerprint density at radius 1 is 1.07 bits per heavy atom. The Hall–Kier alpha value is -2.57. The number of halogens is 6. The van der Waals surface area contributed by atoms with Gasteiger partial charge in [0.2, 0.25) is 5.88 Å². The third kappa shape index (κ3) is 6.48. The largest absolute Gasteiger partial charge is 0.464 e. The van der Waals surface area contributed by atoms with Crippen molar-refractivity contribution in [2.24, 2.45) is 5.92 Å². The van der Waals surface area contributed by atoms with Crippen LogP contribution in [0.1, 0.15) is 13.8 Å². The summed E-state index contributed by atoms with van der Waals surface area (Å²) in [6, 6.07) is 2.71. The Balaban J connectivity index is 2.04. The number of hydrogen-bond acceptors (Lipinski definition) is 6. The molecule has 2 aromatic heterocycles. The van der Waals surface area contributed by atoms with Crippen LogP contribution in [-0.4, -0.2) is 38.0 Å². The van der Waals surface area contributed by atoms with E-state index in [2.05, 4.69) is 20.4 Å². The average Bonchev–Trinajstić information content (AvgIpc) is 2.63. The second-order valence-corrected chi connectivity index (χ2v) is 7.07. The maximum Gasteiger partial charge on any atom is 0.425 e. The van der Waals surface area contributed by atoms with Crippen molar-refractivity contribution in [3.8, 4) is 17.1 Å². The standard InChI is InChI=1S/C16H15BrF5N5O2/c1-8(2)13(16(20,21)22)29-12-4-3-9(5-25-12)10-6-24-11(7-23-10)26-27-14(28)15(17,18)19/h3-8,13H,1-2H3,(H,24,26)(H,27,28). The molecule has 0 fully saturated rings. The fraction of sp³-hybridized carbons (Fsp3) is 0.375. The lowest BCUT2D eigenvalue weighted by molar-refractivity contribution is -0.207. The van der Waals surface area contributed by atoms with E-state index in [1.54, 1.807) is 5.43 Å². The Labute approximate surface area is 170 Å². The molecule has 1 amide bonds. The van der Waals surface area contributed by atoms with Crippen molar-refractivity contribution >= 4 is 27.7 Å². The van der Waals surface area contributed by atoms with Crippen molar-refractivity contribution in [2.75, 3.05) is 5.43 Å². The summed E-state index contributed by atoms with van der Waals surface area (Å²) in [6.07, 6.45) is -2.85. The molecule has 0 aliphatic heterocycles. The lowest BCUT2D eigenvalue weighted by Gasteiger charge is -2.24. The minimum absolute atomic E-state index is 0.0169. The average molecular weight is 484 g/mol. The van der Waals surface area contributed by atoms with E-state index in [1.165, 1.54) is 38.4 Å². The monoisotopic (exact) mass is 483 g/mol. The van der Waals surface area contributed by atoms with Crippen LogP contribution in [0.4, 0.5) is 27.8 Å². The third-order valence-electron chi connectivity index (χ3n) is 3.42. The smallest absolute Gasteiger partial charge is 0.425 e. The van der Waals surface area contributed by atoms with Crippen LogP contribution in [0, 0.1) is 5.92 Å². The maximum absolute atomic E-state index is 13.0. The van der Waals surface area contributed by atoms with Gasteiger partial charge in [-0.05, 0) is 12.0 Å². The lowest BCUT2D eigenvalue weighted by atomic mass is 10.1. The summed E-state index contributed by atoms with van der Waals surface area (Å²) in [5.41, 5.74) is 4.63. The molecule has 0 aromatic carbocycles. The fourth-order valence-corrected chi connectivity index (χ4v) is 2.14. The molecule has 0 saturated heterocycles. The number of aromatic nitrogens is 3. The first-order valence-corrected chi connectivity index (χ1v) is 8.82. The van der Waals surface area contributed by atoms with Crippen LogP contribution in [0.15, 0.2) is 30.7 Å². The van der Waals surface area contributed by atoms with Gasteiger partial charge in [0.1, 0.15) is 0 Å². The van der Waals surface area contributed by atoms with Gasteiger partial charge >= 0.3 is 16.9 Å². The Morgan fingerprint density at radius 2 is 1.76 bits per heavy atom. The van der Waals surface area contributed by atoms with Crippen LogP contribution in [0.2, 0.25) is 0 Å². The zero-order valence-corrected chi connectivity index (χ0v) is 16.6. The quantitative estimate of drug-likeness (QED) is 0.352. The zero-order valence-electron chi connectivity index (χ0n) is 15.0. The minimum atomic E-state index is -4.53. The predicted molar refractivity (Wildman–Crippen MR) is 96.2 cm³/mol. The number of pyridine rings is 1. The molecule has 7 nitrogen and oxygen atoms in total. The number of hydrogen-bond donors (Lipinski definition) is 2. The van der Waals surface area contributed by atoms with Gasteiger partial charge in [-0.2, -0.15) is 22.0 Å². The van der Waals surface area contributed by atoms with Crippen molar-refractivity contribution in [3.63, 3.8) is 0 Å². The van der Waals surface area contributed by atoms with E-state index in [4.69, 9.17) is 4.74 Å². The molecule has 0 spiro atoms. The highest BCUT2D eigenvalue weighted by Crippen LogP contribution is 2.29. The Kier molecular flexibility index (Phi) is 6.93. The van der Waals surface area contributed by atoms with Crippen molar-refractivity contribution in [1.29, 1.82) is 0 Å². The summed E-state index contributed by atoms with van der Waals surface area (Å²) in [6.45, 7) is 2.78. The second kappa shape index (κ2) is 8.84. The van der Waals surface area contributed by atoms with Gasteiger partial charge in [0.05, 0.1) is 18.1 Å². The molecule has 2 aromatic rings. The van der Waals surface area contributed by atoms with Crippen LogP contribution < -0.4 is 15.6 Å². The fourth-order valence-electron chi connectivity index (χ4n) is 2.05. The summed E-state index contributed by atoms with van der Waals surface area (Å²) in [4.78, 5) is 19.0. The summed E-state index contributed by atoms with van der Waals surface area (Å²) < 4.78 is 69.2. The predicted octanol–water partition coefficient (Wildman–Crippen LogP) is 3.94. The molecule has 1 atom stereocenters. The minimum Gasteiger partial charge on any atom is -0.464 e. The van der Waals surface area contributed by atoms with Gasteiger partial charge < -0.3 is 4.74 Å². The summed E-state index contributed by atoms with van der Waals surface area (Å²) in [7, 11) is 0. The van der Waals surface area contributed by atoms with E-state index in [1.807, 2.05) is 15.9 Å². The van der Waals surface area contributed by atoms with Gasteiger partial charge in [0.25, 0.3) is 0 Å². The molecule has 13 heteroatoms. The number of carbonyl (C=O) groups excluding carboxylic acids is 1. The van der Waals surface area contributed by atoms with Gasteiger partial charge in [0.15, 0.2) is 11.9 Å². The molecule has 0 aliphatic carbocycles. The van der Waals surface area contributed by atoms with E-state index in [0.717, 1.165) is 6.20 Å². The summed E-state index contributed by atoms with van der Waals surface area (Å²) in [5, 5.41) is 0. The van der Waals surface area contributed by atoms with Gasteiger partial charge in [-0.15, -0.1) is 0 Å². The Bertz CT molecular complexity index is 826. The van der Waals surface area contributed by atoms with Gasteiger partial charge in [-0.25, -0.2) is 9.97 Å². The highest BCUT2D eigenvalue weighted by Gasteiger charge is 2.44. The van der Waals surface area contributed by atoms with Gasteiger partial charge in [-0.3, -0.25) is 20.6 Å². The first-order chi connectivity index (χ1) is 13.4. The van der Waals surface area contributed by atoms with Crippen LogP contribution in [0.3, 0.4) is 0 Å². The number of amides is 1. The van der Waals surface area contributed by atoms with Gasteiger partial charge in [0, 0.05) is 33.8 Å². The van der Waals surface area contributed by atoms with E-state index < -0.39 is 28.9 Å². The topological polar surface area (TPSA) is 89.0 Å². The number of nitrogens with one attached hydrogen (secondary N) is 2. The first-order valence-electron chi connectivity index (χ1n) is 8.03. The molecule has 2 N–H and O–H groups in total. The van der Waals surface area contributed by atoms with Crippen LogP contribution in [0.5, 0.6) is 5.88 Å². The van der Waals surface area contributed by atoms with Crippen LogP contribution in [0.25, 0.3) is 11.3 Å². The molecule has 1 unspecified atom stereocenters. The number of nitrogens with zero attached hydrogens (tertiary/aromatic N) is 3. The third-order valence-corrected chi connectivity index (χ3v) is 3.78. The summed E-state index contributed by atoms with van der Waals surface area (Å²) in [5.74, 6) is -2.64. The first kappa shape index (κ1) is 22.7. The van der Waals surface area contributed by atoms with Crippen molar-refractivity contribution in [2.45, 2.75) is 31.0 Å². The zero-order chi connectivity index (χ0) is 21.8. The van der Waals surface area contributed by atoms with Crippen LogP contribution in [-0.2, 0) is 4.79 Å². The molecule has 0 radical (unpaired) electrons. The molecule has 0 bridgehead atoms. The number of anilines is 1. The van der Waals surface area contributed by atoms with E-state index in [-0.39, 0.29) is 11.7 Å². The van der Waals surface area contributed by atoms with Crippen LogP contribution >= 0.6 is 15.9 Å². The SMILES string of the molecule is CC(C)C(Oc1ccc(-c2cnc(NNC(=O)C(F)(F)Br)cn2)cn1)C(F)(F)F. The molecule has 0 saturated carbocycles. The number of hydrazine groups is 1. The number of ether oxygens (including phenoxy) is 1. The molecule has 158 valence electrons. The molecule has 29 heavy (non-hydrogen) atoms. The van der Waals surface area contributed by atoms with Crippen molar-refractivity contribution in [3.05, 3.63) is 30.7 Å². The van der Waals surface area contributed by atoms with Gasteiger partial charge in [-0.1, -0.05) is 13.8 Å². The molecule has 0 aliphatic rings. The molecule has 2 heterocycles. The molecular formula is C16H15BrF5N5O2. The van der Waals surface area contributed by atoms with E-state index >= 15 is 0 Å². The van der Waals surface area contributed by atoms with E-state index in [9.17, 15) is 26.7 Å². The van der Waals surface area contributed by atoms with Crippen molar-refractivity contribution < 1.29 is 31.5 Å². The second-order valence-electron chi connectivity index (χ2n) is 6.07. The molecule has 2 rings (SSSR count).